The zero-order valence-electron chi connectivity index (χ0n) is 16.6. The van der Waals surface area contributed by atoms with Crippen LogP contribution in [0.1, 0.15) is 34.8 Å². The van der Waals surface area contributed by atoms with Gasteiger partial charge in [0.15, 0.2) is 0 Å². The SMILES string of the molecule is COC[C@@H](NC(=O)Cc1cc2c(cn1)C(N[C@@H]1CCOC1)=NC2)c1ccccc1. The maximum atomic E-state index is 12.6. The standard InChI is InChI=1S/C22H26N4O3/c1-28-14-20(15-5-3-2-4-6-15)26-21(27)10-18-9-16-11-24-22(19(16)12-23-18)25-17-7-8-29-13-17/h2-6,9,12,17,20H,7-8,10-11,13-14H2,1H3,(H,24,25)(H,26,27)/t17-,20-/m1/s1. The maximum absolute atomic E-state index is 12.6. The third-order valence-electron chi connectivity index (χ3n) is 5.19. The molecule has 1 aromatic carbocycles. The first kappa shape index (κ1) is 19.5. The second-order valence-corrected chi connectivity index (χ2v) is 7.37. The summed E-state index contributed by atoms with van der Waals surface area (Å²) in [6.45, 7) is 2.53. The van der Waals surface area contributed by atoms with E-state index >= 15 is 0 Å². The van der Waals surface area contributed by atoms with E-state index in [1.807, 2.05) is 42.6 Å². The maximum Gasteiger partial charge on any atom is 0.226 e. The van der Waals surface area contributed by atoms with Crippen LogP contribution in [0, 0.1) is 0 Å². The average molecular weight is 394 g/mol. The molecule has 0 saturated carbocycles. The Labute approximate surface area is 170 Å². The van der Waals surface area contributed by atoms with Crippen LogP contribution in [0.5, 0.6) is 0 Å². The van der Waals surface area contributed by atoms with Crippen molar-refractivity contribution in [1.29, 1.82) is 0 Å². The lowest BCUT2D eigenvalue weighted by Crippen LogP contribution is -2.35. The van der Waals surface area contributed by atoms with E-state index in [2.05, 4.69) is 20.6 Å². The van der Waals surface area contributed by atoms with Crippen molar-refractivity contribution in [2.75, 3.05) is 26.9 Å². The molecule has 1 aromatic heterocycles. The number of methoxy groups -OCH3 is 1. The van der Waals surface area contributed by atoms with Gasteiger partial charge in [0.05, 0.1) is 44.0 Å². The van der Waals surface area contributed by atoms with Crippen molar-refractivity contribution in [3.8, 4) is 0 Å². The van der Waals surface area contributed by atoms with Gasteiger partial charge in [-0.1, -0.05) is 30.3 Å². The topological polar surface area (TPSA) is 84.8 Å². The number of nitrogens with zero attached hydrogens (tertiary/aromatic N) is 2. The van der Waals surface area contributed by atoms with Crippen LogP contribution < -0.4 is 10.6 Å². The first-order valence-electron chi connectivity index (χ1n) is 9.93. The first-order valence-corrected chi connectivity index (χ1v) is 9.93. The average Bonchev–Trinajstić information content (AvgIpc) is 3.39. The molecule has 2 aromatic rings. The number of amidine groups is 1. The Morgan fingerprint density at radius 2 is 2.21 bits per heavy atom. The number of pyridine rings is 1. The lowest BCUT2D eigenvalue weighted by atomic mass is 10.1. The molecule has 0 spiro atoms. The molecular weight excluding hydrogens is 368 g/mol. The molecule has 7 heteroatoms. The quantitative estimate of drug-likeness (QED) is 0.748. The van der Waals surface area contributed by atoms with Crippen molar-refractivity contribution in [2.24, 2.45) is 4.99 Å². The number of carbonyl (C=O) groups is 1. The van der Waals surface area contributed by atoms with E-state index < -0.39 is 0 Å². The predicted octanol–water partition coefficient (Wildman–Crippen LogP) is 1.77. The third-order valence-corrected chi connectivity index (χ3v) is 5.19. The number of aromatic nitrogens is 1. The summed E-state index contributed by atoms with van der Waals surface area (Å²) in [6.07, 6.45) is 3.03. The summed E-state index contributed by atoms with van der Waals surface area (Å²) in [5.41, 5.74) is 3.87. The zero-order valence-corrected chi connectivity index (χ0v) is 16.6. The molecule has 2 N–H and O–H groups in total. The summed E-state index contributed by atoms with van der Waals surface area (Å²) < 4.78 is 10.7. The normalized spacial score (nSPS) is 18.8. The molecule has 0 unspecified atom stereocenters. The number of rotatable bonds is 7. The van der Waals surface area contributed by atoms with Crippen LogP contribution in [0.25, 0.3) is 0 Å². The fourth-order valence-electron chi connectivity index (χ4n) is 3.68. The van der Waals surface area contributed by atoms with Crippen LogP contribution >= 0.6 is 0 Å². The van der Waals surface area contributed by atoms with E-state index in [4.69, 9.17) is 9.47 Å². The number of fused-ring (bicyclic) bond motifs is 1. The largest absolute Gasteiger partial charge is 0.382 e. The molecule has 0 radical (unpaired) electrons. The molecule has 1 saturated heterocycles. The van der Waals surface area contributed by atoms with Gasteiger partial charge >= 0.3 is 0 Å². The van der Waals surface area contributed by atoms with Crippen LogP contribution in [0.3, 0.4) is 0 Å². The van der Waals surface area contributed by atoms with Gasteiger partial charge in [-0.2, -0.15) is 0 Å². The van der Waals surface area contributed by atoms with Gasteiger partial charge in [-0.15, -0.1) is 0 Å². The van der Waals surface area contributed by atoms with Crippen molar-refractivity contribution >= 4 is 11.7 Å². The van der Waals surface area contributed by atoms with Gasteiger partial charge in [0.1, 0.15) is 5.84 Å². The van der Waals surface area contributed by atoms with Crippen molar-refractivity contribution in [3.05, 3.63) is 65.0 Å². The van der Waals surface area contributed by atoms with Gasteiger partial charge in [0, 0.05) is 25.5 Å². The molecule has 152 valence electrons. The molecule has 29 heavy (non-hydrogen) atoms. The molecule has 0 aliphatic carbocycles. The lowest BCUT2D eigenvalue weighted by Gasteiger charge is -2.18. The number of amides is 1. The van der Waals surface area contributed by atoms with E-state index in [1.54, 1.807) is 7.11 Å². The molecule has 3 heterocycles. The van der Waals surface area contributed by atoms with Crippen molar-refractivity contribution in [3.63, 3.8) is 0 Å². The highest BCUT2D eigenvalue weighted by Crippen LogP contribution is 2.20. The summed E-state index contributed by atoms with van der Waals surface area (Å²) in [5, 5.41) is 6.49. The monoisotopic (exact) mass is 394 g/mol. The highest BCUT2D eigenvalue weighted by Gasteiger charge is 2.23. The van der Waals surface area contributed by atoms with Crippen molar-refractivity contribution < 1.29 is 14.3 Å². The molecule has 2 aliphatic heterocycles. The van der Waals surface area contributed by atoms with E-state index in [0.29, 0.717) is 25.8 Å². The molecule has 4 rings (SSSR count). The number of nitrogens with one attached hydrogen (secondary N) is 2. The van der Waals surface area contributed by atoms with Gasteiger partial charge in [-0.05, 0) is 23.6 Å². The van der Waals surface area contributed by atoms with Crippen molar-refractivity contribution in [2.45, 2.75) is 31.5 Å². The van der Waals surface area contributed by atoms with Crippen LogP contribution in [-0.4, -0.2) is 49.7 Å². The van der Waals surface area contributed by atoms with E-state index in [-0.39, 0.29) is 18.4 Å². The lowest BCUT2D eigenvalue weighted by molar-refractivity contribution is -0.121. The Balaban J connectivity index is 1.38. The van der Waals surface area contributed by atoms with Crippen LogP contribution in [-0.2, 0) is 27.2 Å². The summed E-state index contributed by atoms with van der Waals surface area (Å²) in [5.74, 6) is 0.798. The van der Waals surface area contributed by atoms with Crippen LogP contribution in [0.2, 0.25) is 0 Å². The minimum atomic E-state index is -0.184. The van der Waals surface area contributed by atoms with E-state index in [0.717, 1.165) is 41.2 Å². The highest BCUT2D eigenvalue weighted by molar-refractivity contribution is 6.02. The third kappa shape index (κ3) is 4.81. The fraction of sp³-hybridized carbons (Fsp3) is 0.409. The van der Waals surface area contributed by atoms with Gasteiger partial charge in [-0.3, -0.25) is 14.8 Å². The van der Waals surface area contributed by atoms with Crippen molar-refractivity contribution in [1.82, 2.24) is 15.6 Å². The fourth-order valence-corrected chi connectivity index (χ4v) is 3.68. The first-order chi connectivity index (χ1) is 14.2. The summed E-state index contributed by atoms with van der Waals surface area (Å²) in [4.78, 5) is 21.7. The minimum absolute atomic E-state index is 0.0799. The zero-order chi connectivity index (χ0) is 20.1. The second-order valence-electron chi connectivity index (χ2n) is 7.37. The van der Waals surface area contributed by atoms with Gasteiger partial charge in [0.25, 0.3) is 0 Å². The Hall–Kier alpha value is -2.77. The van der Waals surface area contributed by atoms with E-state index in [9.17, 15) is 4.79 Å². The number of hydrogen-bond donors (Lipinski definition) is 2. The Kier molecular flexibility index (Phi) is 6.17. The predicted molar refractivity (Wildman–Crippen MR) is 110 cm³/mol. The molecular formula is C22H26N4O3. The highest BCUT2D eigenvalue weighted by atomic mass is 16.5. The Bertz CT molecular complexity index is 879. The number of carbonyl (C=O) groups excluding carboxylic acids is 1. The Morgan fingerprint density at radius 1 is 1.34 bits per heavy atom. The van der Waals surface area contributed by atoms with Crippen LogP contribution in [0.4, 0.5) is 0 Å². The number of hydrogen-bond acceptors (Lipinski definition) is 6. The van der Waals surface area contributed by atoms with Gasteiger partial charge < -0.3 is 20.1 Å². The molecule has 2 atom stereocenters. The number of aliphatic imine (C=N–C) groups is 1. The molecule has 7 nitrogen and oxygen atoms in total. The number of benzene rings is 1. The van der Waals surface area contributed by atoms with Gasteiger partial charge in [0.2, 0.25) is 5.91 Å². The van der Waals surface area contributed by atoms with Crippen LogP contribution in [0.15, 0.2) is 47.6 Å². The Morgan fingerprint density at radius 3 is 2.97 bits per heavy atom. The smallest absolute Gasteiger partial charge is 0.226 e. The van der Waals surface area contributed by atoms with E-state index in [1.165, 1.54) is 0 Å². The summed E-state index contributed by atoms with van der Waals surface area (Å²) in [7, 11) is 1.63. The molecule has 1 amide bonds. The molecule has 2 aliphatic rings. The summed E-state index contributed by atoms with van der Waals surface area (Å²) in [6, 6.07) is 11.9. The molecule has 0 bridgehead atoms. The molecule has 1 fully saturated rings. The number of ether oxygens (including phenoxy) is 2. The van der Waals surface area contributed by atoms with Gasteiger partial charge in [-0.25, -0.2) is 0 Å². The minimum Gasteiger partial charge on any atom is -0.382 e. The summed E-state index contributed by atoms with van der Waals surface area (Å²) >= 11 is 0. The second kappa shape index (κ2) is 9.15.